The van der Waals surface area contributed by atoms with Crippen LogP contribution in [0.25, 0.3) is 0 Å². The van der Waals surface area contributed by atoms with E-state index in [1.807, 2.05) is 0 Å². The van der Waals surface area contributed by atoms with Crippen LogP contribution in [0.4, 0.5) is 23.8 Å². The Morgan fingerprint density at radius 2 is 1.48 bits per heavy atom. The number of hydrogen-bond acceptors (Lipinski definition) is 2. The topological polar surface area (TPSA) is 35.1 Å². The van der Waals surface area contributed by atoms with Crippen molar-refractivity contribution in [1.82, 2.24) is 4.72 Å². The molecule has 0 radical (unpaired) electrons. The van der Waals surface area contributed by atoms with Gasteiger partial charge in [-0.05, 0) is 38.3 Å². The molecule has 1 aromatic rings. The van der Waals surface area contributed by atoms with Gasteiger partial charge in [-0.15, -0.1) is 4.72 Å². The summed E-state index contributed by atoms with van der Waals surface area (Å²) in [5.41, 5.74) is -0.992. The van der Waals surface area contributed by atoms with Crippen molar-refractivity contribution >= 4 is 21.6 Å². The Bertz CT molecular complexity index is 649. The Morgan fingerprint density at radius 1 is 1.00 bits per heavy atom. The maximum absolute atomic E-state index is 14.3. The third kappa shape index (κ3) is 5.97. The Morgan fingerprint density at radius 3 is 1.80 bits per heavy atom. The lowest BCUT2D eigenvalue weighted by molar-refractivity contribution is 0.295. The summed E-state index contributed by atoms with van der Waals surface area (Å²) in [6, 6.07) is -0.302. The molecule has 2 atom stereocenters. The molecule has 0 aromatic heterocycles. The summed E-state index contributed by atoms with van der Waals surface area (Å²) >= 11 is -1.64. The van der Waals surface area contributed by atoms with Crippen LogP contribution in [0.15, 0.2) is 23.1 Å². The van der Waals surface area contributed by atoms with Crippen LogP contribution in [0.5, 0.6) is 0 Å². The molecular weight excluding hydrogens is 388 g/mol. The van der Waals surface area contributed by atoms with E-state index in [2.05, 4.69) is 4.72 Å². The van der Waals surface area contributed by atoms with Gasteiger partial charge < -0.3 is 4.55 Å². The molecule has 0 heterocycles. The summed E-state index contributed by atoms with van der Waals surface area (Å²) in [5, 5.41) is 0. The molecule has 0 spiro atoms. The van der Waals surface area contributed by atoms with Gasteiger partial charge in [0.1, 0.15) is 15.5 Å². The monoisotopic (exact) mass is 411 g/mol. The Labute approximate surface area is 147 Å². The largest absolute Gasteiger partial charge is 0.598 e. The van der Waals surface area contributed by atoms with Gasteiger partial charge in [-0.1, -0.05) is 46.3 Å². The van der Waals surface area contributed by atoms with Gasteiger partial charge in [0.2, 0.25) is 0 Å². The van der Waals surface area contributed by atoms with Crippen LogP contribution >= 0.6 is 10.2 Å². The molecule has 0 aliphatic carbocycles. The molecule has 2 unspecified atom stereocenters. The van der Waals surface area contributed by atoms with E-state index in [1.54, 1.807) is 41.5 Å². The lowest BCUT2D eigenvalue weighted by Crippen LogP contribution is -2.45. The van der Waals surface area contributed by atoms with Gasteiger partial charge >= 0.3 is 10.2 Å². The number of halogens is 6. The van der Waals surface area contributed by atoms with E-state index in [0.717, 1.165) is 0 Å². The van der Waals surface area contributed by atoms with E-state index in [1.165, 1.54) is 0 Å². The van der Waals surface area contributed by atoms with Gasteiger partial charge in [0.15, 0.2) is 0 Å². The average molecular weight is 411 g/mol. The highest BCUT2D eigenvalue weighted by atomic mass is 32.5. The summed E-state index contributed by atoms with van der Waals surface area (Å²) < 4.78 is 92.8. The molecule has 0 saturated heterocycles. The van der Waals surface area contributed by atoms with Crippen molar-refractivity contribution in [2.24, 2.45) is 5.41 Å². The molecule has 0 saturated carbocycles. The summed E-state index contributed by atoms with van der Waals surface area (Å²) in [6.07, 6.45) is 0. The quantitative estimate of drug-likeness (QED) is 0.446. The molecule has 0 bridgehead atoms. The zero-order valence-electron chi connectivity index (χ0n) is 14.8. The molecule has 1 aromatic carbocycles. The molecule has 1 N–H and O–H groups in total. The highest BCUT2D eigenvalue weighted by molar-refractivity contribution is 8.45. The number of rotatable bonds is 4. The van der Waals surface area contributed by atoms with E-state index in [9.17, 15) is 28.4 Å². The lowest BCUT2D eigenvalue weighted by Gasteiger charge is -2.41. The van der Waals surface area contributed by atoms with Crippen molar-refractivity contribution in [2.75, 3.05) is 0 Å². The van der Waals surface area contributed by atoms with E-state index in [4.69, 9.17) is 0 Å². The first-order valence-electron chi connectivity index (χ1n) is 7.34. The van der Waals surface area contributed by atoms with Crippen LogP contribution in [0.3, 0.4) is 0 Å². The molecule has 0 aliphatic rings. The van der Waals surface area contributed by atoms with Crippen molar-refractivity contribution in [3.05, 3.63) is 29.6 Å². The Kier molecular flexibility index (Phi) is 5.13. The average Bonchev–Trinajstić information content (AvgIpc) is 2.30. The van der Waals surface area contributed by atoms with Gasteiger partial charge in [-0.3, -0.25) is 0 Å². The number of hydrogen-bond donors (Lipinski definition) is 1. The van der Waals surface area contributed by atoms with Gasteiger partial charge in [0.05, 0.1) is 6.04 Å². The van der Waals surface area contributed by atoms with E-state index < -0.39 is 48.5 Å². The fourth-order valence-corrected chi connectivity index (χ4v) is 3.67. The van der Waals surface area contributed by atoms with Crippen LogP contribution < -0.4 is 4.72 Å². The lowest BCUT2D eigenvalue weighted by atomic mass is 9.83. The molecule has 148 valence electrons. The highest BCUT2D eigenvalue weighted by Crippen LogP contribution is 3.02. The van der Waals surface area contributed by atoms with Crippen molar-refractivity contribution in [1.29, 1.82) is 0 Å². The third-order valence-electron chi connectivity index (χ3n) is 3.38. The van der Waals surface area contributed by atoms with E-state index in [0.29, 0.717) is 6.07 Å². The minimum atomic E-state index is -9.96. The van der Waals surface area contributed by atoms with Crippen LogP contribution in [0.1, 0.15) is 53.1 Å². The molecular formula is C15H23F6NOS2. The second kappa shape index (κ2) is 5.71. The molecule has 10 heteroatoms. The van der Waals surface area contributed by atoms with Gasteiger partial charge in [0, 0.05) is 16.9 Å². The Balaban J connectivity index is 3.40. The van der Waals surface area contributed by atoms with E-state index >= 15 is 0 Å². The fraction of sp³-hybridized carbons (Fsp3) is 0.600. The second-order valence-electron chi connectivity index (χ2n) is 7.95. The predicted molar refractivity (Wildman–Crippen MR) is 91.0 cm³/mol. The maximum Gasteiger partial charge on any atom is 0.310 e. The molecule has 0 fully saturated rings. The predicted octanol–water partition coefficient (Wildman–Crippen LogP) is 6.62. The SMILES string of the molecule is CC(C)(C)C(N[S+]([O-])C(C)(C)C)c1ccc(S(F)(F)(F)(F)F)cc1F. The summed E-state index contributed by atoms with van der Waals surface area (Å²) in [4.78, 5) is -2.29. The third-order valence-corrected chi connectivity index (χ3v) is 6.08. The first-order valence-corrected chi connectivity index (χ1v) is 10.4. The molecule has 0 aliphatic heterocycles. The standard InChI is InChI=1S/C15H23F6NOS2/c1-14(2,3)13(22-24(23)15(4,5)6)11-8-7-10(9-12(11)16)25(17,18,19,20)21/h7-9,13,22H,1-6H3. The minimum absolute atomic E-state index is 0.167. The normalized spacial score (nSPS) is 19.1. The smallest absolute Gasteiger partial charge is 0.310 e. The van der Waals surface area contributed by atoms with Crippen LogP contribution in [-0.2, 0) is 11.4 Å². The van der Waals surface area contributed by atoms with Gasteiger partial charge in [-0.25, -0.2) is 4.39 Å². The van der Waals surface area contributed by atoms with Crippen molar-refractivity contribution in [3.8, 4) is 0 Å². The summed E-state index contributed by atoms with van der Waals surface area (Å²) in [5.74, 6) is -1.43. The molecule has 2 nitrogen and oxygen atoms in total. The van der Waals surface area contributed by atoms with Gasteiger partial charge in [-0.2, -0.15) is 0 Å². The second-order valence-corrected chi connectivity index (χ2v) is 12.4. The Hall–Kier alpha value is -0.580. The fourth-order valence-electron chi connectivity index (χ4n) is 1.97. The van der Waals surface area contributed by atoms with Crippen LogP contribution in [0.2, 0.25) is 0 Å². The van der Waals surface area contributed by atoms with Gasteiger partial charge in [0.25, 0.3) is 0 Å². The van der Waals surface area contributed by atoms with Crippen LogP contribution in [-0.4, -0.2) is 9.30 Å². The molecule has 1 rings (SSSR count). The summed E-state index contributed by atoms with van der Waals surface area (Å²) in [7, 11) is -9.96. The zero-order valence-corrected chi connectivity index (χ0v) is 16.4. The zero-order chi connectivity index (χ0) is 20.1. The number of nitrogens with one attached hydrogen (secondary N) is 1. The molecule has 25 heavy (non-hydrogen) atoms. The number of benzene rings is 1. The van der Waals surface area contributed by atoms with Crippen molar-refractivity contribution in [3.63, 3.8) is 0 Å². The molecule has 0 amide bonds. The first-order chi connectivity index (χ1) is 10.6. The van der Waals surface area contributed by atoms with Crippen molar-refractivity contribution in [2.45, 2.75) is 57.2 Å². The summed E-state index contributed by atoms with van der Waals surface area (Å²) in [6.45, 7) is 10.0. The van der Waals surface area contributed by atoms with Crippen molar-refractivity contribution < 1.29 is 28.4 Å². The van der Waals surface area contributed by atoms with Crippen LogP contribution in [0, 0.1) is 11.2 Å². The first kappa shape index (κ1) is 22.5. The minimum Gasteiger partial charge on any atom is -0.598 e. The van der Waals surface area contributed by atoms with E-state index in [-0.39, 0.29) is 17.7 Å². The maximum atomic E-state index is 14.3. The highest BCUT2D eigenvalue weighted by Gasteiger charge is 2.65.